The molecule has 0 aliphatic rings. The molecule has 14 nitrogen and oxygen atoms in total. The molecule has 224 valence electrons. The van der Waals surface area contributed by atoms with E-state index in [2.05, 4.69) is 15.5 Å². The number of phenolic OH excluding ortho intramolecular Hbond substituents is 1. The number of aromatic hydroxyl groups is 1. The topological polar surface area (TPSA) is 212 Å². The molecule has 0 radical (unpaired) electrons. The quantitative estimate of drug-likeness (QED) is 0.158. The van der Waals surface area contributed by atoms with Crippen LogP contribution in [0.3, 0.4) is 0 Å². The Morgan fingerprint density at radius 2 is 1.54 bits per heavy atom. The number of fused-ring (bicyclic) bond motifs is 1. The number of sulfone groups is 1. The Labute approximate surface area is 238 Å². The van der Waals surface area contributed by atoms with Gasteiger partial charge in [-0.3, -0.25) is 9.11 Å². The lowest BCUT2D eigenvalue weighted by Crippen LogP contribution is -2.31. The first-order chi connectivity index (χ1) is 19.1. The molecule has 0 heterocycles. The smallest absolute Gasteiger partial charge is 0.296 e. The zero-order valence-corrected chi connectivity index (χ0v) is 24.8. The highest BCUT2D eigenvalue weighted by atomic mass is 32.2. The summed E-state index contributed by atoms with van der Waals surface area (Å²) in [7, 11) is -12.0. The van der Waals surface area contributed by atoms with E-state index >= 15 is 0 Å². The second kappa shape index (κ2) is 12.7. The van der Waals surface area contributed by atoms with Crippen LogP contribution in [0.4, 0.5) is 17.1 Å². The van der Waals surface area contributed by atoms with Crippen LogP contribution in [0.1, 0.15) is 13.8 Å². The molecule has 3 aromatic carbocycles. The molecule has 3 aromatic rings. The lowest BCUT2D eigenvalue weighted by Gasteiger charge is -2.18. The van der Waals surface area contributed by atoms with Crippen molar-refractivity contribution in [3.8, 4) is 11.5 Å². The van der Waals surface area contributed by atoms with Gasteiger partial charge in [-0.15, -0.1) is 10.2 Å². The molecular weight excluding hydrogens is 600 g/mol. The first-order valence-corrected chi connectivity index (χ1v) is 16.8. The molecule has 0 unspecified atom stereocenters. The van der Waals surface area contributed by atoms with Crippen molar-refractivity contribution in [2.75, 3.05) is 43.7 Å². The first-order valence-electron chi connectivity index (χ1n) is 12.1. The van der Waals surface area contributed by atoms with Crippen LogP contribution < -0.4 is 10.1 Å². The Balaban J connectivity index is 2.04. The Hall–Kier alpha value is -3.35. The molecular formula is C24H30N4O10S3. The number of rotatable bonds is 13. The molecule has 4 N–H and O–H groups in total. The van der Waals surface area contributed by atoms with Crippen molar-refractivity contribution < 1.29 is 44.2 Å². The number of phenols is 1. The summed E-state index contributed by atoms with van der Waals surface area (Å²) >= 11 is 0. The minimum Gasteiger partial charge on any atom is -0.505 e. The molecule has 0 saturated heterocycles. The maximum atomic E-state index is 12.5. The lowest BCUT2D eigenvalue weighted by atomic mass is 10.1. The number of anilines is 1. The van der Waals surface area contributed by atoms with E-state index in [9.17, 15) is 39.5 Å². The van der Waals surface area contributed by atoms with E-state index < -0.39 is 62.9 Å². The molecule has 3 rings (SSSR count). The fourth-order valence-electron chi connectivity index (χ4n) is 3.83. The summed E-state index contributed by atoms with van der Waals surface area (Å²) in [4.78, 5) is 0.440. The minimum absolute atomic E-state index is 0.0293. The van der Waals surface area contributed by atoms with Gasteiger partial charge in [0.1, 0.15) is 32.8 Å². The van der Waals surface area contributed by atoms with E-state index in [0.29, 0.717) is 19.6 Å². The van der Waals surface area contributed by atoms with Gasteiger partial charge in [-0.25, -0.2) is 8.42 Å². The molecule has 41 heavy (non-hydrogen) atoms. The second-order valence-electron chi connectivity index (χ2n) is 8.79. The van der Waals surface area contributed by atoms with Crippen LogP contribution in [-0.2, 0) is 30.1 Å². The first kappa shape index (κ1) is 32.2. The number of ether oxygens (including phenoxy) is 1. The van der Waals surface area contributed by atoms with Gasteiger partial charge in [0.25, 0.3) is 20.2 Å². The van der Waals surface area contributed by atoms with Crippen LogP contribution in [0.2, 0.25) is 0 Å². The van der Waals surface area contributed by atoms with E-state index in [-0.39, 0.29) is 28.0 Å². The minimum atomic E-state index is -4.96. The van der Waals surface area contributed by atoms with Crippen molar-refractivity contribution in [1.29, 1.82) is 0 Å². The molecule has 0 atom stereocenters. The number of hydrogen-bond acceptors (Lipinski definition) is 12. The second-order valence-corrected chi connectivity index (χ2v) is 13.8. The molecule has 0 aromatic heterocycles. The molecule has 0 bridgehead atoms. The SMILES string of the molecule is CCN(CC)CCS(=O)(=O)CNc1ccc2cc(S(=O)(=O)O)c(N=Nc3ccc(OC)cc3S(=O)(=O)O)c(O)c2c1. The maximum Gasteiger partial charge on any atom is 0.296 e. The molecule has 0 fully saturated rings. The van der Waals surface area contributed by atoms with Crippen LogP contribution in [0.5, 0.6) is 11.5 Å². The van der Waals surface area contributed by atoms with Crippen molar-refractivity contribution in [3.05, 3.63) is 42.5 Å². The van der Waals surface area contributed by atoms with Crippen LogP contribution in [-0.4, -0.2) is 82.7 Å². The third-order valence-corrected chi connectivity index (χ3v) is 9.28. The van der Waals surface area contributed by atoms with E-state index in [1.54, 1.807) is 0 Å². The van der Waals surface area contributed by atoms with E-state index in [0.717, 1.165) is 18.2 Å². The Morgan fingerprint density at radius 3 is 2.12 bits per heavy atom. The monoisotopic (exact) mass is 630 g/mol. The van der Waals surface area contributed by atoms with Gasteiger partial charge in [0, 0.05) is 23.7 Å². The van der Waals surface area contributed by atoms with Crippen molar-refractivity contribution in [2.45, 2.75) is 23.6 Å². The highest BCUT2D eigenvalue weighted by Gasteiger charge is 2.23. The van der Waals surface area contributed by atoms with Gasteiger partial charge >= 0.3 is 0 Å². The molecule has 17 heteroatoms. The van der Waals surface area contributed by atoms with E-state index in [4.69, 9.17) is 4.74 Å². The zero-order valence-electron chi connectivity index (χ0n) is 22.3. The average Bonchev–Trinajstić information content (AvgIpc) is 2.91. The maximum absolute atomic E-state index is 12.5. The van der Waals surface area contributed by atoms with Crippen LogP contribution >= 0.6 is 0 Å². The Morgan fingerprint density at radius 1 is 0.878 bits per heavy atom. The van der Waals surface area contributed by atoms with Crippen LogP contribution in [0, 0.1) is 0 Å². The standard InChI is InChI=1S/C24H30N4O10S3/c1-4-28(5-2)10-11-39(30,31)15-25-17-7-6-16-12-22(41(35,36)37)23(24(29)19(16)13-17)27-26-20-9-8-18(38-3)14-21(20)40(32,33)34/h6-9,12-14,25,29H,4-5,10-11,15H2,1-3H3,(H,32,33,34)(H,35,36,37). The summed E-state index contributed by atoms with van der Waals surface area (Å²) in [5, 5.41) is 21.3. The van der Waals surface area contributed by atoms with Gasteiger partial charge < -0.3 is 20.1 Å². The van der Waals surface area contributed by atoms with Gasteiger partial charge in [0.15, 0.2) is 15.6 Å². The number of benzene rings is 3. The highest BCUT2D eigenvalue weighted by molar-refractivity contribution is 7.91. The number of nitrogens with zero attached hydrogens (tertiary/aromatic N) is 3. The Kier molecular flexibility index (Phi) is 9.94. The third kappa shape index (κ3) is 8.11. The molecule has 0 spiro atoms. The predicted molar refractivity (Wildman–Crippen MR) is 152 cm³/mol. The van der Waals surface area contributed by atoms with Crippen molar-refractivity contribution in [1.82, 2.24) is 4.90 Å². The highest BCUT2D eigenvalue weighted by Crippen LogP contribution is 2.42. The zero-order chi connectivity index (χ0) is 30.6. The normalized spacial score (nSPS) is 12.8. The number of nitrogens with one attached hydrogen (secondary N) is 1. The van der Waals surface area contributed by atoms with Crippen molar-refractivity contribution in [3.63, 3.8) is 0 Å². The fourth-order valence-corrected chi connectivity index (χ4v) is 6.20. The lowest BCUT2D eigenvalue weighted by molar-refractivity contribution is 0.322. The van der Waals surface area contributed by atoms with Crippen LogP contribution in [0.15, 0.2) is 62.5 Å². The van der Waals surface area contributed by atoms with Gasteiger partial charge in [0.05, 0.1) is 12.9 Å². The summed E-state index contributed by atoms with van der Waals surface area (Å²) in [6, 6.07) is 8.62. The van der Waals surface area contributed by atoms with Gasteiger partial charge in [-0.2, -0.15) is 16.8 Å². The summed E-state index contributed by atoms with van der Waals surface area (Å²) in [6.07, 6.45) is 0. The summed E-state index contributed by atoms with van der Waals surface area (Å²) in [5.74, 6) is -1.14. The molecule has 0 aliphatic carbocycles. The largest absolute Gasteiger partial charge is 0.505 e. The van der Waals surface area contributed by atoms with Gasteiger partial charge in [-0.05, 0) is 48.8 Å². The molecule has 0 aliphatic heterocycles. The van der Waals surface area contributed by atoms with Gasteiger partial charge in [0.2, 0.25) is 0 Å². The summed E-state index contributed by atoms with van der Waals surface area (Å²) < 4.78 is 97.2. The van der Waals surface area contributed by atoms with Gasteiger partial charge in [-0.1, -0.05) is 19.9 Å². The number of azo groups is 1. The van der Waals surface area contributed by atoms with Crippen molar-refractivity contribution in [2.24, 2.45) is 10.2 Å². The molecule has 0 saturated carbocycles. The number of hydrogen-bond donors (Lipinski definition) is 4. The number of methoxy groups -OCH3 is 1. The van der Waals surface area contributed by atoms with E-state index in [1.807, 2.05) is 18.7 Å². The predicted octanol–water partition coefficient (Wildman–Crippen LogP) is 3.59. The van der Waals surface area contributed by atoms with Crippen LogP contribution in [0.25, 0.3) is 10.8 Å². The van der Waals surface area contributed by atoms with E-state index in [1.165, 1.54) is 31.4 Å². The third-order valence-electron chi connectivity index (χ3n) is 6.14. The molecule has 0 amide bonds. The summed E-state index contributed by atoms with van der Waals surface area (Å²) in [6.45, 7) is 5.66. The fraction of sp³-hybridized carbons (Fsp3) is 0.333. The Bertz CT molecular complexity index is 1790. The summed E-state index contributed by atoms with van der Waals surface area (Å²) in [5.41, 5.74) is -0.856. The van der Waals surface area contributed by atoms with Crippen molar-refractivity contribution >= 4 is 57.9 Å². The average molecular weight is 631 g/mol.